The zero-order chi connectivity index (χ0) is 23.4. The highest BCUT2D eigenvalue weighted by Crippen LogP contribution is 2.42. The standard InChI is InChI=1S/C24H22F4N2OS2/c1-32-12-10-15-13-16(24(26,27)28)5-7-18(15)19-9-11-31-21-14-17(6-8-20(19)21)33-30-23-4-2-3-22(25)29-23/h2-8,13-14,19H,9-12H2,1H3,(H,29,30). The van der Waals surface area contributed by atoms with E-state index in [4.69, 9.17) is 4.74 Å². The number of benzene rings is 2. The van der Waals surface area contributed by atoms with Crippen molar-refractivity contribution in [3.8, 4) is 5.75 Å². The maximum absolute atomic E-state index is 13.3. The SMILES string of the molecule is CSCCc1cc(C(F)(F)F)ccc1C1CCOc2cc(SNc3cccc(F)n3)ccc21. The molecule has 0 saturated carbocycles. The number of fused-ring (bicyclic) bond motifs is 1. The molecule has 33 heavy (non-hydrogen) atoms. The zero-order valence-corrected chi connectivity index (χ0v) is 19.4. The van der Waals surface area contributed by atoms with Crippen molar-refractivity contribution in [1.82, 2.24) is 4.98 Å². The summed E-state index contributed by atoms with van der Waals surface area (Å²) in [4.78, 5) is 4.63. The van der Waals surface area contributed by atoms with E-state index in [-0.39, 0.29) is 5.92 Å². The lowest BCUT2D eigenvalue weighted by Crippen LogP contribution is -2.17. The largest absolute Gasteiger partial charge is 0.493 e. The van der Waals surface area contributed by atoms with Crippen LogP contribution in [-0.2, 0) is 12.6 Å². The Morgan fingerprint density at radius 2 is 1.91 bits per heavy atom. The van der Waals surface area contributed by atoms with Gasteiger partial charge in [-0.3, -0.25) is 0 Å². The average molecular weight is 495 g/mol. The summed E-state index contributed by atoms with van der Waals surface area (Å²) in [6.07, 6.45) is -1.15. The van der Waals surface area contributed by atoms with Crippen molar-refractivity contribution in [2.75, 3.05) is 23.3 Å². The van der Waals surface area contributed by atoms with E-state index in [0.29, 0.717) is 31.0 Å². The highest BCUT2D eigenvalue weighted by Gasteiger charge is 2.32. The first kappa shape index (κ1) is 23.8. The van der Waals surface area contributed by atoms with Gasteiger partial charge in [0.05, 0.1) is 12.2 Å². The van der Waals surface area contributed by atoms with Gasteiger partial charge in [0.15, 0.2) is 0 Å². The topological polar surface area (TPSA) is 34.1 Å². The summed E-state index contributed by atoms with van der Waals surface area (Å²) in [6.45, 7) is 0.480. The van der Waals surface area contributed by atoms with Crippen molar-refractivity contribution < 1.29 is 22.3 Å². The molecule has 3 nitrogen and oxygen atoms in total. The van der Waals surface area contributed by atoms with Crippen LogP contribution in [0, 0.1) is 5.95 Å². The molecule has 4 rings (SSSR count). The number of hydrogen-bond acceptors (Lipinski definition) is 5. The van der Waals surface area contributed by atoms with E-state index in [1.165, 1.54) is 30.1 Å². The van der Waals surface area contributed by atoms with E-state index in [1.54, 1.807) is 30.0 Å². The molecule has 0 spiro atoms. The Kier molecular flexibility index (Phi) is 7.38. The Bertz CT molecular complexity index is 1120. The Hall–Kier alpha value is -2.39. The Balaban J connectivity index is 1.60. The normalized spacial score (nSPS) is 15.6. The summed E-state index contributed by atoms with van der Waals surface area (Å²) in [6, 6.07) is 14.4. The molecular formula is C24H22F4N2OS2. The zero-order valence-electron chi connectivity index (χ0n) is 17.8. The van der Waals surface area contributed by atoms with Crippen molar-refractivity contribution in [2.24, 2.45) is 0 Å². The number of ether oxygens (including phenoxy) is 1. The molecule has 1 aliphatic heterocycles. The maximum Gasteiger partial charge on any atom is 0.416 e. The number of rotatable bonds is 7. The number of nitrogens with zero attached hydrogens (tertiary/aromatic N) is 1. The van der Waals surface area contributed by atoms with Crippen molar-refractivity contribution in [3.05, 3.63) is 82.8 Å². The lowest BCUT2D eigenvalue weighted by molar-refractivity contribution is -0.137. The van der Waals surface area contributed by atoms with Gasteiger partial charge < -0.3 is 9.46 Å². The van der Waals surface area contributed by atoms with E-state index < -0.39 is 17.7 Å². The fourth-order valence-corrected chi connectivity index (χ4v) is 4.95. The minimum absolute atomic E-state index is 0.0372. The number of thioether (sulfide) groups is 1. The third-order valence-electron chi connectivity index (χ3n) is 5.43. The van der Waals surface area contributed by atoms with Gasteiger partial charge in [-0.05, 0) is 84.3 Å². The molecule has 174 valence electrons. The van der Waals surface area contributed by atoms with Gasteiger partial charge >= 0.3 is 6.18 Å². The Morgan fingerprint density at radius 3 is 2.67 bits per heavy atom. The number of nitrogens with one attached hydrogen (secondary N) is 1. The molecule has 0 fully saturated rings. The lowest BCUT2D eigenvalue weighted by atomic mass is 9.83. The molecule has 3 aromatic rings. The number of hydrogen-bond donors (Lipinski definition) is 1. The second-order valence-corrected chi connectivity index (χ2v) is 9.46. The number of aryl methyl sites for hydroxylation is 1. The van der Waals surface area contributed by atoms with Crippen LogP contribution in [0.3, 0.4) is 0 Å². The van der Waals surface area contributed by atoms with Crippen LogP contribution in [-0.4, -0.2) is 23.6 Å². The quantitative estimate of drug-likeness (QED) is 0.214. The second kappa shape index (κ2) is 10.3. The fourth-order valence-electron chi connectivity index (χ4n) is 3.88. The summed E-state index contributed by atoms with van der Waals surface area (Å²) in [5.74, 6) is 1.26. The highest BCUT2D eigenvalue weighted by molar-refractivity contribution is 8.00. The van der Waals surface area contributed by atoms with Crippen molar-refractivity contribution >= 4 is 29.5 Å². The molecule has 1 N–H and O–H groups in total. The molecule has 1 unspecified atom stereocenters. The second-order valence-electron chi connectivity index (χ2n) is 7.59. The third-order valence-corrected chi connectivity index (χ3v) is 6.85. The van der Waals surface area contributed by atoms with Gasteiger partial charge in [0.2, 0.25) is 5.95 Å². The van der Waals surface area contributed by atoms with E-state index in [0.717, 1.165) is 27.3 Å². The predicted octanol–water partition coefficient (Wildman–Crippen LogP) is 7.18. The van der Waals surface area contributed by atoms with Gasteiger partial charge in [0.25, 0.3) is 0 Å². The molecule has 1 aliphatic rings. The molecule has 1 atom stereocenters. The van der Waals surface area contributed by atoms with Crippen molar-refractivity contribution in [2.45, 2.75) is 29.8 Å². The van der Waals surface area contributed by atoms with Crippen LogP contribution in [0.4, 0.5) is 23.4 Å². The Labute approximate surface area is 198 Å². The van der Waals surface area contributed by atoms with Gasteiger partial charge in [-0.1, -0.05) is 18.2 Å². The van der Waals surface area contributed by atoms with Crippen LogP contribution in [0.2, 0.25) is 0 Å². The molecule has 1 aromatic heterocycles. The van der Waals surface area contributed by atoms with Crippen LogP contribution in [0.5, 0.6) is 5.75 Å². The van der Waals surface area contributed by atoms with Gasteiger partial charge in [-0.25, -0.2) is 4.98 Å². The lowest BCUT2D eigenvalue weighted by Gasteiger charge is -2.29. The molecular weight excluding hydrogens is 472 g/mol. The number of pyridine rings is 1. The number of alkyl halides is 3. The first-order valence-electron chi connectivity index (χ1n) is 10.4. The molecule has 0 bridgehead atoms. The van der Waals surface area contributed by atoms with E-state index in [1.807, 2.05) is 24.5 Å². The molecule has 2 aromatic carbocycles. The van der Waals surface area contributed by atoms with Gasteiger partial charge in [-0.2, -0.15) is 29.3 Å². The predicted molar refractivity (Wildman–Crippen MR) is 126 cm³/mol. The minimum Gasteiger partial charge on any atom is -0.493 e. The van der Waals surface area contributed by atoms with Gasteiger partial charge in [0, 0.05) is 16.4 Å². The monoisotopic (exact) mass is 494 g/mol. The summed E-state index contributed by atoms with van der Waals surface area (Å²) in [5.41, 5.74) is 2.00. The van der Waals surface area contributed by atoms with Gasteiger partial charge in [0.1, 0.15) is 11.6 Å². The van der Waals surface area contributed by atoms with Crippen LogP contribution < -0.4 is 9.46 Å². The van der Waals surface area contributed by atoms with Crippen LogP contribution in [0.15, 0.2) is 59.5 Å². The summed E-state index contributed by atoms with van der Waals surface area (Å²) in [7, 11) is 0. The van der Waals surface area contributed by atoms with E-state index >= 15 is 0 Å². The van der Waals surface area contributed by atoms with Crippen LogP contribution in [0.1, 0.15) is 34.6 Å². The molecule has 0 amide bonds. The van der Waals surface area contributed by atoms with Crippen molar-refractivity contribution in [1.29, 1.82) is 0 Å². The minimum atomic E-state index is -4.37. The average Bonchev–Trinajstić information content (AvgIpc) is 2.80. The molecule has 0 aliphatic carbocycles. The molecule has 2 heterocycles. The third kappa shape index (κ3) is 5.76. The number of halogens is 4. The summed E-state index contributed by atoms with van der Waals surface area (Å²) >= 11 is 2.90. The van der Waals surface area contributed by atoms with Crippen LogP contribution >= 0.6 is 23.7 Å². The highest BCUT2D eigenvalue weighted by atomic mass is 32.2. The van der Waals surface area contributed by atoms with Crippen LogP contribution in [0.25, 0.3) is 0 Å². The first-order valence-corrected chi connectivity index (χ1v) is 12.6. The van der Waals surface area contributed by atoms with Crippen molar-refractivity contribution in [3.63, 3.8) is 0 Å². The van der Waals surface area contributed by atoms with Gasteiger partial charge in [-0.15, -0.1) is 0 Å². The number of anilines is 1. The summed E-state index contributed by atoms with van der Waals surface area (Å²) in [5, 5.41) is 0. The molecule has 9 heteroatoms. The maximum atomic E-state index is 13.3. The smallest absolute Gasteiger partial charge is 0.416 e. The molecule has 0 saturated heterocycles. The van der Waals surface area contributed by atoms with E-state index in [9.17, 15) is 17.6 Å². The summed E-state index contributed by atoms with van der Waals surface area (Å²) < 4.78 is 62.1. The fraction of sp³-hybridized carbons (Fsp3) is 0.292. The number of aromatic nitrogens is 1. The first-order chi connectivity index (χ1) is 15.8. The Morgan fingerprint density at radius 1 is 1.09 bits per heavy atom. The molecule has 0 radical (unpaired) electrons. The van der Waals surface area contributed by atoms with E-state index in [2.05, 4.69) is 9.71 Å².